The van der Waals surface area contributed by atoms with E-state index >= 15 is 0 Å². The van der Waals surface area contributed by atoms with Crippen LogP contribution in [0.25, 0.3) is 0 Å². The zero-order valence-electron chi connectivity index (χ0n) is 10.8. The highest BCUT2D eigenvalue weighted by Crippen LogP contribution is 2.32. The molecule has 1 fully saturated rings. The first-order valence-corrected chi connectivity index (χ1v) is 6.94. The number of carbonyl (C=O) groups excluding carboxylic acids is 1. The second kappa shape index (κ2) is 5.29. The molecule has 1 saturated heterocycles. The van der Waals surface area contributed by atoms with Crippen LogP contribution < -0.4 is 0 Å². The lowest BCUT2D eigenvalue weighted by Gasteiger charge is -2.24. The van der Waals surface area contributed by atoms with Crippen molar-refractivity contribution in [2.45, 2.75) is 18.9 Å². The third-order valence-corrected chi connectivity index (χ3v) is 3.89. The van der Waals surface area contributed by atoms with Crippen LogP contribution in [-0.2, 0) is 0 Å². The summed E-state index contributed by atoms with van der Waals surface area (Å²) in [5, 5.41) is 0.366. The number of H-pyrrole nitrogens is 1. The Labute approximate surface area is 121 Å². The molecule has 1 aromatic carbocycles. The number of hydrogen-bond donors (Lipinski definition) is 1. The number of aromatic amines is 1. The highest BCUT2D eigenvalue weighted by atomic mass is 35.5. The minimum atomic E-state index is -0.531. The number of carbonyl (C=O) groups is 1. The molecule has 2 heterocycles. The Morgan fingerprint density at radius 1 is 1.40 bits per heavy atom. The van der Waals surface area contributed by atoms with Crippen molar-refractivity contribution >= 4 is 17.5 Å². The highest BCUT2D eigenvalue weighted by Gasteiger charge is 2.32. The van der Waals surface area contributed by atoms with Crippen molar-refractivity contribution in [3.05, 3.63) is 58.6 Å². The van der Waals surface area contributed by atoms with Crippen LogP contribution in [0.4, 0.5) is 4.39 Å². The molecule has 1 aliphatic heterocycles. The largest absolute Gasteiger partial charge is 0.363 e. The molecule has 0 radical (unpaired) electrons. The van der Waals surface area contributed by atoms with Crippen LogP contribution in [0.5, 0.6) is 0 Å². The van der Waals surface area contributed by atoms with Gasteiger partial charge in [0.05, 0.1) is 11.6 Å². The number of nitrogens with zero attached hydrogens (tertiary/aromatic N) is 1. The number of hydrogen-bond acceptors (Lipinski definition) is 1. The van der Waals surface area contributed by atoms with Gasteiger partial charge in [-0.3, -0.25) is 4.79 Å². The van der Waals surface area contributed by atoms with Crippen molar-refractivity contribution in [3.63, 3.8) is 0 Å². The van der Waals surface area contributed by atoms with E-state index in [0.29, 0.717) is 11.6 Å². The summed E-state index contributed by atoms with van der Waals surface area (Å²) in [6.07, 6.45) is 3.63. The topological polar surface area (TPSA) is 36.1 Å². The number of benzene rings is 1. The van der Waals surface area contributed by atoms with Gasteiger partial charge in [0, 0.05) is 23.5 Å². The summed E-state index contributed by atoms with van der Waals surface area (Å²) in [6, 6.07) is 7.90. The van der Waals surface area contributed by atoms with Crippen LogP contribution in [0.1, 0.15) is 34.9 Å². The van der Waals surface area contributed by atoms with Gasteiger partial charge in [0.25, 0.3) is 5.91 Å². The minimum absolute atomic E-state index is 0.0177. The van der Waals surface area contributed by atoms with E-state index in [1.165, 1.54) is 18.2 Å². The van der Waals surface area contributed by atoms with Crippen LogP contribution in [0.2, 0.25) is 5.02 Å². The summed E-state index contributed by atoms with van der Waals surface area (Å²) >= 11 is 5.86. The lowest BCUT2D eigenvalue weighted by molar-refractivity contribution is 0.0728. The van der Waals surface area contributed by atoms with Crippen molar-refractivity contribution in [1.82, 2.24) is 9.88 Å². The molecule has 0 spiro atoms. The van der Waals surface area contributed by atoms with Gasteiger partial charge in [-0.25, -0.2) is 4.39 Å². The number of rotatable bonds is 2. The number of likely N-dealkylation sites (tertiary alicyclic amines) is 1. The third-order valence-electron chi connectivity index (χ3n) is 3.65. The molecule has 3 nitrogen and oxygen atoms in total. The van der Waals surface area contributed by atoms with Crippen molar-refractivity contribution in [2.75, 3.05) is 6.54 Å². The standard InChI is InChI=1S/C15H14ClFN2O/c16-10-5-6-12(17)11(9-10)15(20)19-8-2-4-14(19)13-3-1-7-18-13/h1,3,5-7,9,14,18H,2,4,8H2. The molecule has 1 atom stereocenters. The molecule has 1 amide bonds. The number of aromatic nitrogens is 1. The van der Waals surface area contributed by atoms with E-state index in [1.807, 2.05) is 18.3 Å². The summed E-state index contributed by atoms with van der Waals surface area (Å²) in [6.45, 7) is 0.633. The zero-order valence-corrected chi connectivity index (χ0v) is 11.5. The lowest BCUT2D eigenvalue weighted by Crippen LogP contribution is -2.31. The predicted molar refractivity (Wildman–Crippen MR) is 75.2 cm³/mol. The molecule has 1 unspecified atom stereocenters. The van der Waals surface area contributed by atoms with Crippen LogP contribution in [-0.4, -0.2) is 22.3 Å². The fourth-order valence-electron chi connectivity index (χ4n) is 2.70. The van der Waals surface area contributed by atoms with Crippen molar-refractivity contribution in [1.29, 1.82) is 0 Å². The lowest BCUT2D eigenvalue weighted by atomic mass is 10.1. The first-order chi connectivity index (χ1) is 9.66. The maximum absolute atomic E-state index is 13.8. The molecule has 20 heavy (non-hydrogen) atoms. The van der Waals surface area contributed by atoms with Gasteiger partial charge in [-0.15, -0.1) is 0 Å². The first kappa shape index (κ1) is 13.2. The Kier molecular flexibility index (Phi) is 3.49. The summed E-state index contributed by atoms with van der Waals surface area (Å²) in [5.74, 6) is -0.835. The summed E-state index contributed by atoms with van der Waals surface area (Å²) < 4.78 is 13.8. The predicted octanol–water partition coefficient (Wildman–Crippen LogP) is 3.78. The van der Waals surface area contributed by atoms with Crippen molar-refractivity contribution in [3.8, 4) is 0 Å². The molecule has 104 valence electrons. The molecule has 3 rings (SSSR count). The smallest absolute Gasteiger partial charge is 0.257 e. The van der Waals surface area contributed by atoms with Gasteiger partial charge in [-0.2, -0.15) is 0 Å². The van der Waals surface area contributed by atoms with E-state index in [0.717, 1.165) is 18.5 Å². The van der Waals surface area contributed by atoms with E-state index in [4.69, 9.17) is 11.6 Å². The van der Waals surface area contributed by atoms with E-state index < -0.39 is 5.82 Å². The van der Waals surface area contributed by atoms with Crippen LogP contribution in [0, 0.1) is 5.82 Å². The van der Waals surface area contributed by atoms with E-state index in [9.17, 15) is 9.18 Å². The molecule has 2 aromatic rings. The Hall–Kier alpha value is -1.81. The Bertz CT molecular complexity index is 627. The van der Waals surface area contributed by atoms with Gasteiger partial charge in [0.2, 0.25) is 0 Å². The summed E-state index contributed by atoms with van der Waals surface area (Å²) in [7, 11) is 0. The monoisotopic (exact) mass is 292 g/mol. The molecular formula is C15H14ClFN2O. The number of nitrogens with one attached hydrogen (secondary N) is 1. The van der Waals surface area contributed by atoms with Crippen LogP contribution in [0.3, 0.4) is 0 Å². The number of halogens is 2. The summed E-state index contributed by atoms with van der Waals surface area (Å²) in [4.78, 5) is 17.4. The molecule has 0 aliphatic carbocycles. The van der Waals surface area contributed by atoms with Crippen molar-refractivity contribution in [2.24, 2.45) is 0 Å². The van der Waals surface area contributed by atoms with Gasteiger partial charge in [0.15, 0.2) is 0 Å². The average Bonchev–Trinajstić information content (AvgIpc) is 3.10. The fraction of sp³-hybridized carbons (Fsp3) is 0.267. The second-order valence-corrected chi connectivity index (χ2v) is 5.34. The fourth-order valence-corrected chi connectivity index (χ4v) is 2.87. The van der Waals surface area contributed by atoms with Gasteiger partial charge in [-0.05, 0) is 43.2 Å². The maximum atomic E-state index is 13.8. The Morgan fingerprint density at radius 2 is 2.25 bits per heavy atom. The van der Waals surface area contributed by atoms with Gasteiger partial charge in [0.1, 0.15) is 5.82 Å². The molecule has 0 saturated carbocycles. The van der Waals surface area contributed by atoms with Gasteiger partial charge in [-0.1, -0.05) is 11.6 Å². The molecule has 5 heteroatoms. The van der Waals surface area contributed by atoms with Crippen LogP contribution in [0.15, 0.2) is 36.5 Å². The average molecular weight is 293 g/mol. The molecule has 0 bridgehead atoms. The molecule has 1 N–H and O–H groups in total. The van der Waals surface area contributed by atoms with Gasteiger partial charge < -0.3 is 9.88 Å². The zero-order chi connectivity index (χ0) is 14.1. The van der Waals surface area contributed by atoms with E-state index in [1.54, 1.807) is 4.90 Å². The normalized spacial score (nSPS) is 18.5. The molecule has 1 aliphatic rings. The first-order valence-electron chi connectivity index (χ1n) is 6.56. The third kappa shape index (κ3) is 2.31. The minimum Gasteiger partial charge on any atom is -0.363 e. The Morgan fingerprint density at radius 3 is 3.00 bits per heavy atom. The maximum Gasteiger partial charge on any atom is 0.257 e. The number of amides is 1. The van der Waals surface area contributed by atoms with E-state index in [2.05, 4.69) is 4.98 Å². The Balaban J connectivity index is 1.91. The van der Waals surface area contributed by atoms with E-state index in [-0.39, 0.29) is 17.5 Å². The SMILES string of the molecule is O=C(c1cc(Cl)ccc1F)N1CCCC1c1ccc[nH]1. The molecular weight excluding hydrogens is 279 g/mol. The molecule has 1 aromatic heterocycles. The quantitative estimate of drug-likeness (QED) is 0.898. The van der Waals surface area contributed by atoms with Crippen molar-refractivity contribution < 1.29 is 9.18 Å². The summed E-state index contributed by atoms with van der Waals surface area (Å²) in [5.41, 5.74) is 1.02. The van der Waals surface area contributed by atoms with Gasteiger partial charge >= 0.3 is 0 Å². The van der Waals surface area contributed by atoms with Crippen LogP contribution >= 0.6 is 11.6 Å². The second-order valence-electron chi connectivity index (χ2n) is 4.91. The highest BCUT2D eigenvalue weighted by molar-refractivity contribution is 6.31.